The van der Waals surface area contributed by atoms with Crippen molar-refractivity contribution in [3.8, 4) is 11.3 Å². The molecule has 2 aromatic rings. The molecule has 1 heterocycles. The topological polar surface area (TPSA) is 38.9 Å². The number of aromatic nitrogens is 1. The van der Waals surface area contributed by atoms with E-state index in [1.165, 1.54) is 22.3 Å². The fraction of sp³-hybridized carbons (Fsp3) is 0.438. The van der Waals surface area contributed by atoms with E-state index in [9.17, 15) is 0 Å². The van der Waals surface area contributed by atoms with E-state index < -0.39 is 0 Å². The van der Waals surface area contributed by atoms with E-state index in [0.29, 0.717) is 0 Å². The van der Waals surface area contributed by atoms with Crippen LogP contribution in [0.1, 0.15) is 35.0 Å². The van der Waals surface area contributed by atoms with Crippen molar-refractivity contribution in [1.29, 1.82) is 0 Å². The van der Waals surface area contributed by atoms with E-state index in [0.717, 1.165) is 23.5 Å². The first-order valence-electron chi connectivity index (χ1n) is 6.79. The first-order valence-corrected chi connectivity index (χ1v) is 7.67. The second kappa shape index (κ2) is 5.85. The van der Waals surface area contributed by atoms with Crippen molar-refractivity contribution in [2.24, 2.45) is 5.73 Å². The fourth-order valence-corrected chi connectivity index (χ4v) is 3.35. The number of hydrogen-bond acceptors (Lipinski definition) is 3. The largest absolute Gasteiger partial charge is 0.327 e. The number of nitrogens with two attached hydrogens (primary N) is 1. The molecular weight excluding hydrogens is 252 g/mol. The average molecular weight is 274 g/mol. The molecule has 1 atom stereocenters. The normalized spacial score (nSPS) is 12.7. The predicted molar refractivity (Wildman–Crippen MR) is 83.7 cm³/mol. The summed E-state index contributed by atoms with van der Waals surface area (Å²) in [7, 11) is 0. The van der Waals surface area contributed by atoms with Gasteiger partial charge in [-0.15, -0.1) is 11.3 Å². The molecule has 102 valence electrons. The quantitative estimate of drug-likeness (QED) is 0.914. The van der Waals surface area contributed by atoms with E-state index in [-0.39, 0.29) is 6.04 Å². The van der Waals surface area contributed by atoms with Gasteiger partial charge in [0.05, 0.1) is 10.7 Å². The van der Waals surface area contributed by atoms with Gasteiger partial charge < -0.3 is 5.73 Å². The molecular formula is C16H22N2S. The van der Waals surface area contributed by atoms with Crippen LogP contribution in [0.15, 0.2) is 17.5 Å². The minimum atomic E-state index is 0.221. The van der Waals surface area contributed by atoms with Crippen LogP contribution in [0.4, 0.5) is 0 Å². The molecule has 0 amide bonds. The molecule has 2 N–H and O–H groups in total. The Bertz CT molecular complexity index is 549. The molecule has 0 bridgehead atoms. The highest BCUT2D eigenvalue weighted by Gasteiger charge is 2.12. The molecule has 0 spiro atoms. The van der Waals surface area contributed by atoms with Gasteiger partial charge in [0.25, 0.3) is 0 Å². The van der Waals surface area contributed by atoms with Gasteiger partial charge in [-0.1, -0.05) is 24.6 Å². The summed E-state index contributed by atoms with van der Waals surface area (Å²) in [5, 5.41) is 3.30. The zero-order chi connectivity index (χ0) is 14.0. The summed E-state index contributed by atoms with van der Waals surface area (Å²) in [6.07, 6.45) is 1.88. The SMILES string of the molecule is CCC(N)Cc1nc(-c2c(C)cc(C)cc2C)cs1. The van der Waals surface area contributed by atoms with Crippen LogP contribution < -0.4 is 5.73 Å². The summed E-state index contributed by atoms with van der Waals surface area (Å²) in [6, 6.07) is 4.66. The maximum Gasteiger partial charge on any atom is 0.0948 e. The Morgan fingerprint density at radius 2 is 1.84 bits per heavy atom. The molecule has 0 saturated carbocycles. The standard InChI is InChI=1S/C16H22N2S/c1-5-13(17)8-15-18-14(9-19-15)16-11(3)6-10(2)7-12(16)4/h6-7,9,13H,5,8,17H2,1-4H3. The van der Waals surface area contributed by atoms with Crippen molar-refractivity contribution in [3.05, 3.63) is 39.2 Å². The fourth-order valence-electron chi connectivity index (χ4n) is 2.47. The number of thiazole rings is 1. The Balaban J connectivity index is 2.33. The number of nitrogens with zero attached hydrogens (tertiary/aromatic N) is 1. The second-order valence-electron chi connectivity index (χ2n) is 5.27. The molecule has 1 unspecified atom stereocenters. The van der Waals surface area contributed by atoms with E-state index >= 15 is 0 Å². The molecule has 0 aliphatic heterocycles. The molecule has 2 rings (SSSR count). The van der Waals surface area contributed by atoms with Crippen LogP contribution in [0, 0.1) is 20.8 Å². The molecule has 1 aromatic carbocycles. The van der Waals surface area contributed by atoms with E-state index in [1.54, 1.807) is 11.3 Å². The van der Waals surface area contributed by atoms with Crippen LogP contribution in [-0.4, -0.2) is 11.0 Å². The smallest absolute Gasteiger partial charge is 0.0948 e. The van der Waals surface area contributed by atoms with Crippen LogP contribution in [-0.2, 0) is 6.42 Å². The first-order chi connectivity index (χ1) is 9.01. The zero-order valence-corrected chi connectivity index (χ0v) is 13.0. The Kier molecular flexibility index (Phi) is 4.38. The highest BCUT2D eigenvalue weighted by molar-refractivity contribution is 7.09. The summed E-state index contributed by atoms with van der Waals surface area (Å²) < 4.78 is 0. The number of hydrogen-bond donors (Lipinski definition) is 1. The lowest BCUT2D eigenvalue weighted by molar-refractivity contribution is 0.644. The third-order valence-corrected chi connectivity index (χ3v) is 4.32. The lowest BCUT2D eigenvalue weighted by Crippen LogP contribution is -2.21. The summed E-state index contributed by atoms with van der Waals surface area (Å²) in [4.78, 5) is 4.76. The Labute approximate surface area is 119 Å². The summed E-state index contributed by atoms with van der Waals surface area (Å²) >= 11 is 1.72. The van der Waals surface area contributed by atoms with Crippen molar-refractivity contribution < 1.29 is 0 Å². The molecule has 0 saturated heterocycles. The van der Waals surface area contributed by atoms with Gasteiger partial charge in [-0.2, -0.15) is 0 Å². The summed E-state index contributed by atoms with van der Waals surface area (Å²) in [6.45, 7) is 8.57. The van der Waals surface area contributed by atoms with E-state index in [1.807, 2.05) is 0 Å². The number of rotatable bonds is 4. The summed E-state index contributed by atoms with van der Waals surface area (Å²) in [5.41, 5.74) is 12.3. The molecule has 0 radical (unpaired) electrons. The van der Waals surface area contributed by atoms with E-state index in [4.69, 9.17) is 10.7 Å². The summed E-state index contributed by atoms with van der Waals surface area (Å²) in [5.74, 6) is 0. The minimum Gasteiger partial charge on any atom is -0.327 e. The van der Waals surface area contributed by atoms with Gasteiger partial charge in [0.15, 0.2) is 0 Å². The van der Waals surface area contributed by atoms with Crippen molar-refractivity contribution in [2.75, 3.05) is 0 Å². The monoisotopic (exact) mass is 274 g/mol. The van der Waals surface area contributed by atoms with Gasteiger partial charge in [-0.25, -0.2) is 4.98 Å². The molecule has 0 aliphatic rings. The Morgan fingerprint density at radius 1 is 1.21 bits per heavy atom. The maximum absolute atomic E-state index is 6.00. The van der Waals surface area contributed by atoms with Crippen molar-refractivity contribution in [2.45, 2.75) is 46.6 Å². The van der Waals surface area contributed by atoms with Crippen LogP contribution >= 0.6 is 11.3 Å². The lowest BCUT2D eigenvalue weighted by atomic mass is 9.98. The molecule has 0 fully saturated rings. The molecule has 3 heteroatoms. The first kappa shape index (κ1) is 14.2. The highest BCUT2D eigenvalue weighted by atomic mass is 32.1. The van der Waals surface area contributed by atoms with Crippen LogP contribution in [0.2, 0.25) is 0 Å². The van der Waals surface area contributed by atoms with E-state index in [2.05, 4.69) is 45.2 Å². The van der Waals surface area contributed by atoms with Gasteiger partial charge in [-0.05, 0) is 38.3 Å². The second-order valence-corrected chi connectivity index (χ2v) is 6.22. The molecule has 0 aliphatic carbocycles. The van der Waals surface area contributed by atoms with Gasteiger partial charge in [0.1, 0.15) is 0 Å². The van der Waals surface area contributed by atoms with Crippen molar-refractivity contribution in [1.82, 2.24) is 4.98 Å². The Hall–Kier alpha value is -1.19. The maximum atomic E-state index is 6.00. The van der Waals surface area contributed by atoms with Crippen molar-refractivity contribution >= 4 is 11.3 Å². The van der Waals surface area contributed by atoms with Gasteiger partial charge in [0, 0.05) is 23.4 Å². The zero-order valence-electron chi connectivity index (χ0n) is 12.2. The van der Waals surface area contributed by atoms with Gasteiger partial charge in [-0.3, -0.25) is 0 Å². The molecule has 1 aromatic heterocycles. The minimum absolute atomic E-state index is 0.221. The predicted octanol–water partition coefficient (Wildman–Crippen LogP) is 4.02. The van der Waals surface area contributed by atoms with Crippen LogP contribution in [0.5, 0.6) is 0 Å². The molecule has 19 heavy (non-hydrogen) atoms. The average Bonchev–Trinajstić information content (AvgIpc) is 2.75. The van der Waals surface area contributed by atoms with Gasteiger partial charge in [0.2, 0.25) is 0 Å². The van der Waals surface area contributed by atoms with Crippen LogP contribution in [0.3, 0.4) is 0 Å². The Morgan fingerprint density at radius 3 is 2.42 bits per heavy atom. The third-order valence-electron chi connectivity index (χ3n) is 3.45. The van der Waals surface area contributed by atoms with Gasteiger partial charge >= 0.3 is 0 Å². The third kappa shape index (κ3) is 3.23. The number of benzene rings is 1. The van der Waals surface area contributed by atoms with Crippen molar-refractivity contribution in [3.63, 3.8) is 0 Å². The van der Waals surface area contributed by atoms with Crippen LogP contribution in [0.25, 0.3) is 11.3 Å². The molecule has 2 nitrogen and oxygen atoms in total. The lowest BCUT2D eigenvalue weighted by Gasteiger charge is -2.09. The number of aryl methyl sites for hydroxylation is 3. The highest BCUT2D eigenvalue weighted by Crippen LogP contribution is 2.29.